The molecule has 0 unspecified atom stereocenters. The first-order chi connectivity index (χ1) is 14.0. The van der Waals surface area contributed by atoms with E-state index in [0.29, 0.717) is 53.2 Å². The second-order valence-electron chi connectivity index (χ2n) is 7.16. The molecule has 0 atom stereocenters. The summed E-state index contributed by atoms with van der Waals surface area (Å²) in [5.74, 6) is -0.751. The van der Waals surface area contributed by atoms with Gasteiger partial charge in [0.1, 0.15) is 11.5 Å². The van der Waals surface area contributed by atoms with E-state index in [4.69, 9.17) is 11.6 Å². The minimum absolute atomic E-state index is 0.0492. The largest absolute Gasteiger partial charge is 0.350 e. The number of benzene rings is 2. The first kappa shape index (κ1) is 19.5. The number of anilines is 1. The van der Waals surface area contributed by atoms with Gasteiger partial charge in [-0.25, -0.2) is 4.39 Å². The van der Waals surface area contributed by atoms with Crippen molar-refractivity contribution in [3.63, 3.8) is 0 Å². The number of aromatic nitrogens is 1. The third-order valence-electron chi connectivity index (χ3n) is 5.33. The van der Waals surface area contributed by atoms with Gasteiger partial charge in [0, 0.05) is 37.0 Å². The average Bonchev–Trinajstić information content (AvgIpc) is 3.23. The standard InChI is InChI=1S/C22H21ClFN3O2/c1-26-18-9-8-15(24)13-16(18)20(27-12-4-7-19(27)28)21(26)22(29)25-11-10-14-5-2-3-6-17(14)23/h2-3,5-6,8-9,13H,4,7,10-12H2,1H3,(H,25,29). The highest BCUT2D eigenvalue weighted by atomic mass is 35.5. The second kappa shape index (κ2) is 7.87. The molecule has 4 rings (SSSR count). The zero-order valence-corrected chi connectivity index (χ0v) is 16.8. The highest BCUT2D eigenvalue weighted by molar-refractivity contribution is 6.31. The normalized spacial score (nSPS) is 14.0. The van der Waals surface area contributed by atoms with E-state index in [0.717, 1.165) is 12.0 Å². The Morgan fingerprint density at radius 2 is 2.03 bits per heavy atom. The van der Waals surface area contributed by atoms with Crippen molar-refractivity contribution in [3.8, 4) is 0 Å². The minimum Gasteiger partial charge on any atom is -0.350 e. The van der Waals surface area contributed by atoms with Crippen molar-refractivity contribution >= 4 is 40.0 Å². The number of hydrogen-bond acceptors (Lipinski definition) is 2. The molecule has 1 aromatic heterocycles. The summed E-state index contributed by atoms with van der Waals surface area (Å²) in [6.45, 7) is 0.917. The Morgan fingerprint density at radius 1 is 1.24 bits per heavy atom. The highest BCUT2D eigenvalue weighted by Crippen LogP contribution is 2.36. The van der Waals surface area contributed by atoms with Gasteiger partial charge in [-0.15, -0.1) is 0 Å². The van der Waals surface area contributed by atoms with E-state index in [1.54, 1.807) is 22.6 Å². The molecule has 7 heteroatoms. The maximum absolute atomic E-state index is 13.9. The van der Waals surface area contributed by atoms with Crippen LogP contribution in [0.2, 0.25) is 5.02 Å². The van der Waals surface area contributed by atoms with Crippen LogP contribution >= 0.6 is 11.6 Å². The van der Waals surface area contributed by atoms with Crippen LogP contribution < -0.4 is 10.2 Å². The van der Waals surface area contributed by atoms with Crippen LogP contribution in [0.25, 0.3) is 10.9 Å². The summed E-state index contributed by atoms with van der Waals surface area (Å²) in [6.07, 6.45) is 1.74. The summed E-state index contributed by atoms with van der Waals surface area (Å²) >= 11 is 6.18. The van der Waals surface area contributed by atoms with Gasteiger partial charge < -0.3 is 14.8 Å². The van der Waals surface area contributed by atoms with Crippen LogP contribution in [-0.4, -0.2) is 29.5 Å². The van der Waals surface area contributed by atoms with Crippen LogP contribution in [0.15, 0.2) is 42.5 Å². The quantitative estimate of drug-likeness (QED) is 0.685. The van der Waals surface area contributed by atoms with Gasteiger partial charge in [-0.3, -0.25) is 9.59 Å². The van der Waals surface area contributed by atoms with E-state index in [9.17, 15) is 14.0 Å². The number of hydrogen-bond donors (Lipinski definition) is 1. The molecule has 2 amide bonds. The minimum atomic E-state index is -0.401. The molecule has 2 heterocycles. The Bertz CT molecular complexity index is 1110. The lowest BCUT2D eigenvalue weighted by Gasteiger charge is -2.18. The summed E-state index contributed by atoms with van der Waals surface area (Å²) in [4.78, 5) is 27.1. The van der Waals surface area contributed by atoms with E-state index in [1.807, 2.05) is 24.3 Å². The fraction of sp³-hybridized carbons (Fsp3) is 0.273. The molecule has 29 heavy (non-hydrogen) atoms. The highest BCUT2D eigenvalue weighted by Gasteiger charge is 2.31. The monoisotopic (exact) mass is 413 g/mol. The number of carbonyl (C=O) groups excluding carboxylic acids is 2. The van der Waals surface area contributed by atoms with Crippen LogP contribution in [0.1, 0.15) is 28.9 Å². The number of amides is 2. The van der Waals surface area contributed by atoms with Crippen molar-refractivity contribution in [2.75, 3.05) is 18.0 Å². The van der Waals surface area contributed by atoms with Crippen LogP contribution in [0.5, 0.6) is 0 Å². The van der Waals surface area contributed by atoms with Crippen molar-refractivity contribution < 1.29 is 14.0 Å². The van der Waals surface area contributed by atoms with Gasteiger partial charge in [-0.2, -0.15) is 0 Å². The van der Waals surface area contributed by atoms with Crippen LogP contribution in [0, 0.1) is 5.82 Å². The average molecular weight is 414 g/mol. The number of nitrogens with zero attached hydrogens (tertiary/aromatic N) is 2. The number of carbonyl (C=O) groups is 2. The number of nitrogens with one attached hydrogen (secondary N) is 1. The van der Waals surface area contributed by atoms with Gasteiger partial charge in [0.15, 0.2) is 0 Å². The first-order valence-corrected chi connectivity index (χ1v) is 9.95. The molecule has 0 aliphatic carbocycles. The summed E-state index contributed by atoms with van der Waals surface area (Å²) in [5, 5.41) is 4.15. The lowest BCUT2D eigenvalue weighted by atomic mass is 10.1. The van der Waals surface area contributed by atoms with Crippen molar-refractivity contribution in [2.24, 2.45) is 7.05 Å². The van der Waals surface area contributed by atoms with Crippen molar-refractivity contribution in [1.82, 2.24) is 9.88 Å². The van der Waals surface area contributed by atoms with Gasteiger partial charge in [0.25, 0.3) is 5.91 Å². The molecule has 0 bridgehead atoms. The molecule has 5 nitrogen and oxygen atoms in total. The molecule has 0 spiro atoms. The lowest BCUT2D eigenvalue weighted by molar-refractivity contribution is -0.117. The van der Waals surface area contributed by atoms with Gasteiger partial charge in [-0.05, 0) is 42.7 Å². The van der Waals surface area contributed by atoms with E-state index in [2.05, 4.69) is 5.32 Å². The first-order valence-electron chi connectivity index (χ1n) is 9.57. The zero-order valence-electron chi connectivity index (χ0n) is 16.0. The Labute approximate surface area is 173 Å². The Hall–Kier alpha value is -2.86. The van der Waals surface area contributed by atoms with Crippen LogP contribution in [0.3, 0.4) is 0 Å². The maximum Gasteiger partial charge on any atom is 0.270 e. The Balaban J connectivity index is 1.67. The van der Waals surface area contributed by atoms with Gasteiger partial charge in [-0.1, -0.05) is 29.8 Å². The molecule has 1 aliphatic heterocycles. The Morgan fingerprint density at radius 3 is 2.76 bits per heavy atom. The third-order valence-corrected chi connectivity index (χ3v) is 5.70. The van der Waals surface area contributed by atoms with Crippen LogP contribution in [0.4, 0.5) is 10.1 Å². The number of aryl methyl sites for hydroxylation is 1. The summed E-state index contributed by atoms with van der Waals surface area (Å²) in [5.41, 5.74) is 2.50. The lowest BCUT2D eigenvalue weighted by Crippen LogP contribution is -2.31. The topological polar surface area (TPSA) is 54.3 Å². The van der Waals surface area contributed by atoms with E-state index in [1.165, 1.54) is 12.1 Å². The third kappa shape index (κ3) is 3.60. The van der Waals surface area contributed by atoms with Crippen molar-refractivity contribution in [1.29, 1.82) is 0 Å². The molecule has 0 radical (unpaired) electrons. The van der Waals surface area contributed by atoms with Crippen LogP contribution in [-0.2, 0) is 18.3 Å². The number of rotatable bonds is 5. The molecule has 150 valence electrons. The summed E-state index contributed by atoms with van der Waals surface area (Å²) in [7, 11) is 1.76. The molecule has 1 aliphatic rings. The molecule has 1 N–H and O–H groups in total. The summed E-state index contributed by atoms with van der Waals surface area (Å²) in [6, 6.07) is 11.9. The maximum atomic E-state index is 13.9. The van der Waals surface area contributed by atoms with Gasteiger partial charge in [0.2, 0.25) is 5.91 Å². The predicted molar refractivity (Wildman–Crippen MR) is 112 cm³/mol. The molecule has 2 aromatic carbocycles. The molecule has 3 aromatic rings. The van der Waals surface area contributed by atoms with E-state index in [-0.39, 0.29) is 11.8 Å². The van der Waals surface area contributed by atoms with Gasteiger partial charge in [0.05, 0.1) is 11.2 Å². The molecular formula is C22H21ClFN3O2. The van der Waals surface area contributed by atoms with E-state index < -0.39 is 5.82 Å². The SMILES string of the molecule is Cn1c(C(=O)NCCc2ccccc2Cl)c(N2CCCC2=O)c2cc(F)ccc21. The molecule has 1 saturated heterocycles. The smallest absolute Gasteiger partial charge is 0.270 e. The second-order valence-corrected chi connectivity index (χ2v) is 7.57. The number of halogens is 2. The summed E-state index contributed by atoms with van der Waals surface area (Å²) < 4.78 is 15.7. The predicted octanol–water partition coefficient (Wildman–Crippen LogP) is 4.07. The fourth-order valence-corrected chi connectivity index (χ4v) is 4.14. The van der Waals surface area contributed by atoms with E-state index >= 15 is 0 Å². The molecule has 1 fully saturated rings. The van der Waals surface area contributed by atoms with Crippen molar-refractivity contribution in [3.05, 3.63) is 64.6 Å². The number of fused-ring (bicyclic) bond motifs is 1. The zero-order chi connectivity index (χ0) is 20.5. The molecule has 0 saturated carbocycles. The van der Waals surface area contributed by atoms with Crippen molar-refractivity contribution in [2.45, 2.75) is 19.3 Å². The Kier molecular flexibility index (Phi) is 5.28. The molecular weight excluding hydrogens is 393 g/mol. The fourth-order valence-electron chi connectivity index (χ4n) is 3.91. The van der Waals surface area contributed by atoms with Gasteiger partial charge >= 0.3 is 0 Å².